The van der Waals surface area contributed by atoms with E-state index >= 15 is 0 Å². The Bertz CT molecular complexity index is 676. The normalized spacial score (nSPS) is 9.86. The lowest BCUT2D eigenvalue weighted by Crippen LogP contribution is -2.28. The summed E-state index contributed by atoms with van der Waals surface area (Å²) >= 11 is 0. The zero-order valence-electron chi connectivity index (χ0n) is 11.8. The van der Waals surface area contributed by atoms with E-state index in [2.05, 4.69) is 15.6 Å². The molecule has 1 heterocycles. The van der Waals surface area contributed by atoms with Gasteiger partial charge in [-0.25, -0.2) is 4.79 Å². The number of hydrogen-bond acceptors (Lipinski definition) is 5. The van der Waals surface area contributed by atoms with Gasteiger partial charge in [0.2, 0.25) is 0 Å². The summed E-state index contributed by atoms with van der Waals surface area (Å²) in [5, 5.41) is 15.9. The number of carbonyl (C=O) groups excluding carboxylic acids is 1. The second kappa shape index (κ2) is 7.02. The van der Waals surface area contributed by atoms with E-state index in [1.54, 1.807) is 18.5 Å². The van der Waals surface area contributed by atoms with Gasteiger partial charge < -0.3 is 15.4 Å². The van der Waals surface area contributed by atoms with E-state index in [4.69, 9.17) is 4.74 Å². The lowest BCUT2D eigenvalue weighted by molar-refractivity contribution is -0.384. The summed E-state index contributed by atoms with van der Waals surface area (Å²) in [6, 6.07) is 7.05. The fourth-order valence-corrected chi connectivity index (χ4v) is 1.76. The number of nitrogens with one attached hydrogen (secondary N) is 2. The van der Waals surface area contributed by atoms with Crippen LogP contribution < -0.4 is 15.4 Å². The van der Waals surface area contributed by atoms with Crippen molar-refractivity contribution in [2.45, 2.75) is 6.54 Å². The second-order valence-electron chi connectivity index (χ2n) is 4.31. The van der Waals surface area contributed by atoms with Crippen LogP contribution in [0.15, 0.2) is 42.7 Å². The standard InChI is InChI=1S/C14H14N4O4/c1-22-13-5-4-11(18(20)21)7-12(13)17-14(19)16-9-10-3-2-6-15-8-10/h2-8H,9H2,1H3,(H2,16,17,19). The van der Waals surface area contributed by atoms with Gasteiger partial charge in [-0.05, 0) is 17.7 Å². The van der Waals surface area contributed by atoms with Gasteiger partial charge in [0.05, 0.1) is 17.7 Å². The van der Waals surface area contributed by atoms with Gasteiger partial charge in [0.15, 0.2) is 0 Å². The van der Waals surface area contributed by atoms with Crippen molar-refractivity contribution in [3.05, 3.63) is 58.4 Å². The predicted octanol–water partition coefficient (Wildman–Crippen LogP) is 2.32. The van der Waals surface area contributed by atoms with Gasteiger partial charge in [0.25, 0.3) is 5.69 Å². The third kappa shape index (κ3) is 3.92. The Morgan fingerprint density at radius 1 is 1.41 bits per heavy atom. The fraction of sp³-hybridized carbons (Fsp3) is 0.143. The van der Waals surface area contributed by atoms with Gasteiger partial charge >= 0.3 is 6.03 Å². The number of nitro benzene ring substituents is 1. The van der Waals surface area contributed by atoms with Gasteiger partial charge in [0.1, 0.15) is 5.75 Å². The number of carbonyl (C=O) groups is 1. The maximum Gasteiger partial charge on any atom is 0.319 e. The lowest BCUT2D eigenvalue weighted by Gasteiger charge is -2.11. The summed E-state index contributed by atoms with van der Waals surface area (Å²) in [7, 11) is 1.42. The van der Waals surface area contributed by atoms with Crippen molar-refractivity contribution in [3.8, 4) is 5.75 Å². The molecule has 0 saturated heterocycles. The number of anilines is 1. The average Bonchev–Trinajstić information content (AvgIpc) is 2.53. The first-order chi connectivity index (χ1) is 10.6. The minimum Gasteiger partial charge on any atom is -0.495 e. The molecule has 0 unspecified atom stereocenters. The van der Waals surface area contributed by atoms with Crippen LogP contribution in [0.1, 0.15) is 5.56 Å². The third-order valence-corrected chi connectivity index (χ3v) is 2.82. The van der Waals surface area contributed by atoms with Crippen molar-refractivity contribution in [1.82, 2.24) is 10.3 Å². The lowest BCUT2D eigenvalue weighted by atomic mass is 10.2. The number of urea groups is 1. The average molecular weight is 302 g/mol. The van der Waals surface area contributed by atoms with Crippen LogP contribution in [-0.2, 0) is 6.54 Å². The summed E-state index contributed by atoms with van der Waals surface area (Å²) in [5.41, 5.74) is 0.924. The number of methoxy groups -OCH3 is 1. The Balaban J connectivity index is 2.04. The van der Waals surface area contributed by atoms with Crippen molar-refractivity contribution in [1.29, 1.82) is 0 Å². The molecule has 0 aliphatic rings. The molecule has 0 saturated carbocycles. The van der Waals surface area contributed by atoms with Gasteiger partial charge in [-0.15, -0.1) is 0 Å². The van der Waals surface area contributed by atoms with E-state index in [1.807, 2.05) is 6.07 Å². The van der Waals surface area contributed by atoms with Gasteiger partial charge in [-0.1, -0.05) is 6.07 Å². The van der Waals surface area contributed by atoms with Crippen LogP contribution in [0.25, 0.3) is 0 Å². The molecule has 0 bridgehead atoms. The molecule has 0 spiro atoms. The molecule has 2 rings (SSSR count). The number of hydrogen-bond donors (Lipinski definition) is 2. The van der Waals surface area contributed by atoms with Crippen molar-refractivity contribution >= 4 is 17.4 Å². The molecule has 8 nitrogen and oxygen atoms in total. The van der Waals surface area contributed by atoms with Gasteiger partial charge in [-0.2, -0.15) is 0 Å². The summed E-state index contributed by atoms with van der Waals surface area (Å²) in [4.78, 5) is 26.0. The molecule has 2 N–H and O–H groups in total. The van der Waals surface area contributed by atoms with E-state index in [9.17, 15) is 14.9 Å². The van der Waals surface area contributed by atoms with Gasteiger partial charge in [-0.3, -0.25) is 15.1 Å². The maximum atomic E-state index is 11.9. The van der Waals surface area contributed by atoms with Crippen molar-refractivity contribution in [2.75, 3.05) is 12.4 Å². The zero-order chi connectivity index (χ0) is 15.9. The number of nitrogens with zero attached hydrogens (tertiary/aromatic N) is 2. The molecule has 114 valence electrons. The Hall–Kier alpha value is -3.16. The van der Waals surface area contributed by atoms with E-state index in [0.29, 0.717) is 5.75 Å². The first-order valence-corrected chi connectivity index (χ1v) is 6.36. The highest BCUT2D eigenvalue weighted by atomic mass is 16.6. The monoisotopic (exact) mass is 302 g/mol. The first-order valence-electron chi connectivity index (χ1n) is 6.36. The molecule has 1 aromatic carbocycles. The summed E-state index contributed by atoms with van der Waals surface area (Å²) in [5.74, 6) is 0.335. The smallest absolute Gasteiger partial charge is 0.319 e. The van der Waals surface area contributed by atoms with Crippen LogP contribution in [0.4, 0.5) is 16.2 Å². The third-order valence-electron chi connectivity index (χ3n) is 2.82. The Morgan fingerprint density at radius 3 is 2.86 bits per heavy atom. The van der Waals surface area contributed by atoms with E-state index < -0.39 is 11.0 Å². The molecular weight excluding hydrogens is 288 g/mol. The largest absolute Gasteiger partial charge is 0.495 e. The van der Waals surface area contributed by atoms with Crippen LogP contribution in [0.2, 0.25) is 0 Å². The minimum absolute atomic E-state index is 0.136. The predicted molar refractivity (Wildman–Crippen MR) is 79.7 cm³/mol. The highest BCUT2D eigenvalue weighted by Gasteiger charge is 2.13. The number of benzene rings is 1. The van der Waals surface area contributed by atoms with Gasteiger partial charge in [0, 0.05) is 31.1 Å². The number of amides is 2. The fourth-order valence-electron chi connectivity index (χ4n) is 1.76. The molecule has 1 aromatic heterocycles. The molecule has 8 heteroatoms. The van der Waals surface area contributed by atoms with Crippen LogP contribution in [0.3, 0.4) is 0 Å². The minimum atomic E-state index is -0.543. The topological polar surface area (TPSA) is 106 Å². The molecule has 0 radical (unpaired) electrons. The Morgan fingerprint density at radius 2 is 2.23 bits per heavy atom. The molecule has 0 aliphatic carbocycles. The first kappa shape index (κ1) is 15.2. The number of non-ortho nitro benzene ring substituents is 1. The summed E-state index contributed by atoms with van der Waals surface area (Å²) in [6.45, 7) is 0.289. The van der Waals surface area contributed by atoms with Crippen molar-refractivity contribution < 1.29 is 14.5 Å². The quantitative estimate of drug-likeness (QED) is 0.651. The van der Waals surface area contributed by atoms with E-state index in [0.717, 1.165) is 5.56 Å². The zero-order valence-corrected chi connectivity index (χ0v) is 11.8. The second-order valence-corrected chi connectivity index (χ2v) is 4.31. The van der Waals surface area contributed by atoms with Crippen LogP contribution in [0.5, 0.6) is 5.75 Å². The number of pyridine rings is 1. The maximum absolute atomic E-state index is 11.9. The Kier molecular flexibility index (Phi) is 4.86. The molecule has 0 fully saturated rings. The number of aromatic nitrogens is 1. The summed E-state index contributed by atoms with van der Waals surface area (Å²) < 4.78 is 5.07. The number of ether oxygens (including phenoxy) is 1. The number of rotatable bonds is 5. The highest BCUT2D eigenvalue weighted by Crippen LogP contribution is 2.28. The molecule has 0 atom stereocenters. The van der Waals surface area contributed by atoms with Crippen molar-refractivity contribution in [3.63, 3.8) is 0 Å². The molecule has 2 amide bonds. The molecular formula is C14H14N4O4. The Labute approximate surface area is 126 Å². The van der Waals surface area contributed by atoms with Crippen LogP contribution >= 0.6 is 0 Å². The van der Waals surface area contributed by atoms with Crippen molar-refractivity contribution in [2.24, 2.45) is 0 Å². The number of nitro groups is 1. The molecule has 22 heavy (non-hydrogen) atoms. The van der Waals surface area contributed by atoms with E-state index in [1.165, 1.54) is 25.3 Å². The van der Waals surface area contributed by atoms with Crippen LogP contribution in [0, 0.1) is 10.1 Å². The SMILES string of the molecule is COc1ccc([N+](=O)[O-])cc1NC(=O)NCc1cccnc1. The highest BCUT2D eigenvalue weighted by molar-refractivity contribution is 5.91. The summed E-state index contributed by atoms with van der Waals surface area (Å²) in [6.07, 6.45) is 3.27. The molecule has 2 aromatic rings. The van der Waals surface area contributed by atoms with E-state index in [-0.39, 0.29) is 17.9 Å². The van der Waals surface area contributed by atoms with Crippen LogP contribution in [-0.4, -0.2) is 23.0 Å². The molecule has 0 aliphatic heterocycles.